The summed E-state index contributed by atoms with van der Waals surface area (Å²) < 4.78 is 26.9. The number of fused-ring (bicyclic) bond motifs is 1. The SMILES string of the molecule is C=CN=C(/C=C(/C)C=C)c1cnc2ccc(C(F)F)nn12. The molecule has 0 aromatic carbocycles. The number of rotatable bonds is 5. The van der Waals surface area contributed by atoms with Gasteiger partial charge in [0, 0.05) is 6.20 Å². The van der Waals surface area contributed by atoms with E-state index in [-0.39, 0.29) is 5.69 Å². The molecule has 0 atom stereocenters. The fraction of sp³-hybridized carbons (Fsp3) is 0.133. The van der Waals surface area contributed by atoms with Gasteiger partial charge in [-0.1, -0.05) is 19.2 Å². The van der Waals surface area contributed by atoms with Crippen molar-refractivity contribution >= 4 is 11.4 Å². The number of hydrogen-bond donors (Lipinski definition) is 0. The van der Waals surface area contributed by atoms with Crippen LogP contribution in [0.5, 0.6) is 0 Å². The molecule has 0 aliphatic carbocycles. The van der Waals surface area contributed by atoms with Crippen LogP contribution in [0.1, 0.15) is 24.7 Å². The average Bonchev–Trinajstić information content (AvgIpc) is 2.89. The normalized spacial score (nSPS) is 13.0. The number of nitrogens with zero attached hydrogens (tertiary/aromatic N) is 4. The van der Waals surface area contributed by atoms with E-state index in [0.717, 1.165) is 5.57 Å². The van der Waals surface area contributed by atoms with Crippen LogP contribution in [0.15, 0.2) is 60.4 Å². The Balaban J connectivity index is 2.63. The Morgan fingerprint density at radius 2 is 2.14 bits per heavy atom. The van der Waals surface area contributed by atoms with Crippen molar-refractivity contribution in [2.45, 2.75) is 13.3 Å². The van der Waals surface area contributed by atoms with E-state index >= 15 is 0 Å². The van der Waals surface area contributed by atoms with Crippen molar-refractivity contribution < 1.29 is 8.78 Å². The standard InChI is InChI=1S/C15H14F2N4/c1-4-10(3)8-12(18-5-2)13-9-19-14-7-6-11(15(16)17)20-21(13)14/h4-9,15H,1-2H2,3H3/b10-8-,18-12?. The van der Waals surface area contributed by atoms with Crippen molar-refractivity contribution in [3.8, 4) is 0 Å². The molecule has 2 rings (SSSR count). The van der Waals surface area contributed by atoms with Crippen LogP contribution in [0.4, 0.5) is 8.78 Å². The van der Waals surface area contributed by atoms with E-state index in [1.165, 1.54) is 29.0 Å². The summed E-state index contributed by atoms with van der Waals surface area (Å²) >= 11 is 0. The summed E-state index contributed by atoms with van der Waals surface area (Å²) in [5.41, 5.74) is 2.05. The van der Waals surface area contributed by atoms with Gasteiger partial charge in [0.05, 0.1) is 11.9 Å². The van der Waals surface area contributed by atoms with Crippen molar-refractivity contribution in [2.24, 2.45) is 4.99 Å². The number of halogens is 2. The molecule has 0 unspecified atom stereocenters. The molecule has 0 radical (unpaired) electrons. The lowest BCUT2D eigenvalue weighted by atomic mass is 10.2. The smallest absolute Gasteiger partial charge is 0.255 e. The van der Waals surface area contributed by atoms with Gasteiger partial charge in [0.1, 0.15) is 11.4 Å². The van der Waals surface area contributed by atoms with Crippen molar-refractivity contribution in [1.82, 2.24) is 14.6 Å². The van der Waals surface area contributed by atoms with E-state index in [1.807, 2.05) is 6.92 Å². The highest BCUT2D eigenvalue weighted by Crippen LogP contribution is 2.17. The van der Waals surface area contributed by atoms with E-state index in [2.05, 4.69) is 28.2 Å². The summed E-state index contributed by atoms with van der Waals surface area (Å²) in [7, 11) is 0. The third-order valence-corrected chi connectivity index (χ3v) is 2.79. The Hall–Kier alpha value is -2.63. The lowest BCUT2D eigenvalue weighted by Gasteiger charge is -2.04. The molecule has 6 heteroatoms. The molecular formula is C15H14F2N4. The molecule has 0 aliphatic rings. The van der Waals surface area contributed by atoms with Gasteiger partial charge in [-0.2, -0.15) is 5.10 Å². The first-order valence-corrected chi connectivity index (χ1v) is 6.19. The minimum absolute atomic E-state index is 0.316. The number of hydrogen-bond acceptors (Lipinski definition) is 3. The van der Waals surface area contributed by atoms with E-state index in [4.69, 9.17) is 0 Å². The maximum absolute atomic E-state index is 12.8. The second kappa shape index (κ2) is 6.21. The molecule has 0 aliphatic heterocycles. The molecule has 2 aromatic rings. The number of imidazole rings is 1. The summed E-state index contributed by atoms with van der Waals surface area (Å²) in [6.45, 7) is 9.08. The maximum Gasteiger partial charge on any atom is 0.282 e. The van der Waals surface area contributed by atoms with Crippen LogP contribution in [0.3, 0.4) is 0 Å². The molecule has 0 saturated carbocycles. The van der Waals surface area contributed by atoms with Crippen molar-refractivity contribution in [1.29, 1.82) is 0 Å². The first-order valence-electron chi connectivity index (χ1n) is 6.19. The minimum Gasteiger partial charge on any atom is -0.255 e. The third kappa shape index (κ3) is 3.10. The van der Waals surface area contributed by atoms with Gasteiger partial charge in [-0.25, -0.2) is 18.3 Å². The van der Waals surface area contributed by atoms with Gasteiger partial charge in [-0.05, 0) is 30.7 Å². The van der Waals surface area contributed by atoms with Crippen LogP contribution in [0.2, 0.25) is 0 Å². The molecule has 2 aromatic heterocycles. The zero-order chi connectivity index (χ0) is 15.4. The van der Waals surface area contributed by atoms with Crippen LogP contribution >= 0.6 is 0 Å². The quantitative estimate of drug-likeness (QED) is 0.621. The zero-order valence-electron chi connectivity index (χ0n) is 11.5. The Kier molecular flexibility index (Phi) is 4.37. The van der Waals surface area contributed by atoms with E-state index in [9.17, 15) is 8.78 Å². The first-order chi connectivity index (χ1) is 10.1. The Labute approximate surface area is 120 Å². The van der Waals surface area contributed by atoms with Crippen molar-refractivity contribution in [3.05, 3.63) is 66.8 Å². The van der Waals surface area contributed by atoms with Gasteiger partial charge in [-0.15, -0.1) is 0 Å². The Morgan fingerprint density at radius 3 is 2.76 bits per heavy atom. The van der Waals surface area contributed by atoms with Gasteiger partial charge < -0.3 is 0 Å². The van der Waals surface area contributed by atoms with Crippen molar-refractivity contribution in [2.75, 3.05) is 0 Å². The molecule has 0 fully saturated rings. The largest absolute Gasteiger partial charge is 0.282 e. The van der Waals surface area contributed by atoms with Gasteiger partial charge in [0.15, 0.2) is 5.65 Å². The summed E-state index contributed by atoms with van der Waals surface area (Å²) in [4.78, 5) is 8.29. The van der Waals surface area contributed by atoms with E-state index in [0.29, 0.717) is 17.1 Å². The number of allylic oxidation sites excluding steroid dienone is 3. The number of alkyl halides is 2. The van der Waals surface area contributed by atoms with Crippen LogP contribution < -0.4 is 0 Å². The monoisotopic (exact) mass is 288 g/mol. The highest BCUT2D eigenvalue weighted by molar-refractivity contribution is 6.08. The van der Waals surface area contributed by atoms with Gasteiger partial charge in [0.25, 0.3) is 6.43 Å². The number of aromatic nitrogens is 3. The van der Waals surface area contributed by atoms with Gasteiger partial charge in [-0.3, -0.25) is 4.99 Å². The lowest BCUT2D eigenvalue weighted by molar-refractivity contribution is 0.144. The first kappa shape index (κ1) is 14.8. The Bertz CT molecular complexity index is 741. The molecular weight excluding hydrogens is 274 g/mol. The molecule has 2 heterocycles. The topological polar surface area (TPSA) is 42.5 Å². The molecule has 21 heavy (non-hydrogen) atoms. The summed E-state index contributed by atoms with van der Waals surface area (Å²) in [5, 5.41) is 3.90. The van der Waals surface area contributed by atoms with E-state index in [1.54, 1.807) is 12.2 Å². The van der Waals surface area contributed by atoms with E-state index < -0.39 is 6.43 Å². The summed E-state index contributed by atoms with van der Waals surface area (Å²) in [6, 6.07) is 2.75. The second-order valence-electron chi connectivity index (χ2n) is 4.26. The van der Waals surface area contributed by atoms with Crippen molar-refractivity contribution in [3.63, 3.8) is 0 Å². The highest BCUT2D eigenvalue weighted by atomic mass is 19.3. The predicted octanol–water partition coefficient (Wildman–Crippen LogP) is 3.73. The molecule has 0 amide bonds. The molecule has 0 saturated heterocycles. The number of aliphatic imine (C=N–C) groups is 1. The van der Waals surface area contributed by atoms with Crippen LogP contribution in [0.25, 0.3) is 5.65 Å². The maximum atomic E-state index is 12.8. The summed E-state index contributed by atoms with van der Waals surface area (Å²) in [6.07, 6.45) is 3.69. The second-order valence-corrected chi connectivity index (χ2v) is 4.26. The highest BCUT2D eigenvalue weighted by Gasteiger charge is 2.14. The summed E-state index contributed by atoms with van der Waals surface area (Å²) in [5.74, 6) is 0. The molecule has 0 spiro atoms. The lowest BCUT2D eigenvalue weighted by Crippen LogP contribution is -2.07. The van der Waals surface area contributed by atoms with Gasteiger partial charge in [0.2, 0.25) is 0 Å². The Morgan fingerprint density at radius 1 is 1.38 bits per heavy atom. The van der Waals surface area contributed by atoms with Crippen LogP contribution in [0, 0.1) is 0 Å². The zero-order valence-corrected chi connectivity index (χ0v) is 11.5. The average molecular weight is 288 g/mol. The molecule has 0 N–H and O–H groups in total. The van der Waals surface area contributed by atoms with Gasteiger partial charge >= 0.3 is 0 Å². The van der Waals surface area contributed by atoms with Crippen LogP contribution in [-0.4, -0.2) is 20.3 Å². The molecule has 108 valence electrons. The molecule has 4 nitrogen and oxygen atoms in total. The minimum atomic E-state index is -2.64. The third-order valence-electron chi connectivity index (χ3n) is 2.79. The molecule has 0 bridgehead atoms. The fourth-order valence-electron chi connectivity index (χ4n) is 1.73. The van der Waals surface area contributed by atoms with Crippen LogP contribution in [-0.2, 0) is 0 Å². The fourth-order valence-corrected chi connectivity index (χ4v) is 1.73. The predicted molar refractivity (Wildman–Crippen MR) is 78.6 cm³/mol.